The smallest absolute Gasteiger partial charge is 0.462 e. The number of carbonyl (C=O) groups is 4. The second-order valence-electron chi connectivity index (χ2n) is 32.6. The third kappa shape index (κ3) is 81.9. The number of phosphoric ester groups is 2. The first-order chi connectivity index (χ1) is 51.9. The van der Waals surface area contributed by atoms with Gasteiger partial charge in [0.2, 0.25) is 0 Å². The van der Waals surface area contributed by atoms with Crippen molar-refractivity contribution in [3.05, 3.63) is 0 Å². The van der Waals surface area contributed by atoms with E-state index in [0.717, 1.165) is 102 Å². The second-order valence-corrected chi connectivity index (χ2v) is 35.5. The Balaban J connectivity index is 5.22. The second kappa shape index (κ2) is 79.3. The molecule has 19 heteroatoms. The monoisotopic (exact) mass is 1560 g/mol. The van der Waals surface area contributed by atoms with Gasteiger partial charge < -0.3 is 33.8 Å². The van der Waals surface area contributed by atoms with Gasteiger partial charge in [-0.2, -0.15) is 0 Å². The minimum absolute atomic E-state index is 0.107. The molecule has 0 aliphatic heterocycles. The molecule has 5 atom stereocenters. The zero-order valence-electron chi connectivity index (χ0n) is 70.5. The lowest BCUT2D eigenvalue weighted by atomic mass is 10.0. The van der Waals surface area contributed by atoms with Gasteiger partial charge in [0, 0.05) is 25.7 Å². The fraction of sp³-hybridized carbons (Fsp3) is 0.955. The van der Waals surface area contributed by atoms with E-state index >= 15 is 0 Å². The van der Waals surface area contributed by atoms with Crippen LogP contribution in [0.2, 0.25) is 0 Å². The minimum Gasteiger partial charge on any atom is -0.462 e. The molecular weight excluding hydrogens is 1390 g/mol. The fourth-order valence-corrected chi connectivity index (χ4v) is 15.4. The first-order valence-electron chi connectivity index (χ1n) is 45.5. The molecule has 2 unspecified atom stereocenters. The van der Waals surface area contributed by atoms with Crippen molar-refractivity contribution in [1.82, 2.24) is 0 Å². The predicted octanol–water partition coefficient (Wildman–Crippen LogP) is 27.0. The van der Waals surface area contributed by atoms with Crippen LogP contribution in [0.3, 0.4) is 0 Å². The summed E-state index contributed by atoms with van der Waals surface area (Å²) >= 11 is 0. The number of hydrogen-bond donors (Lipinski definition) is 3. The van der Waals surface area contributed by atoms with Crippen molar-refractivity contribution < 1.29 is 80.2 Å². The van der Waals surface area contributed by atoms with Crippen molar-refractivity contribution in [2.24, 2.45) is 11.8 Å². The van der Waals surface area contributed by atoms with Crippen LogP contribution >= 0.6 is 15.6 Å². The van der Waals surface area contributed by atoms with Crippen molar-refractivity contribution in [3.63, 3.8) is 0 Å². The van der Waals surface area contributed by atoms with Crippen molar-refractivity contribution in [2.75, 3.05) is 39.6 Å². The van der Waals surface area contributed by atoms with Crippen LogP contribution in [0, 0.1) is 11.8 Å². The van der Waals surface area contributed by atoms with E-state index in [9.17, 15) is 43.2 Å². The van der Waals surface area contributed by atoms with Gasteiger partial charge in [0.1, 0.15) is 19.3 Å². The van der Waals surface area contributed by atoms with Gasteiger partial charge in [-0.05, 0) is 37.5 Å². The third-order valence-electron chi connectivity index (χ3n) is 20.7. The van der Waals surface area contributed by atoms with Crippen LogP contribution in [0.4, 0.5) is 0 Å². The molecule has 0 saturated carbocycles. The van der Waals surface area contributed by atoms with Crippen molar-refractivity contribution in [2.45, 2.75) is 490 Å². The van der Waals surface area contributed by atoms with E-state index < -0.39 is 97.5 Å². The quantitative estimate of drug-likeness (QED) is 0.0222. The Morgan fingerprint density at radius 2 is 0.430 bits per heavy atom. The van der Waals surface area contributed by atoms with Crippen molar-refractivity contribution in [1.29, 1.82) is 0 Å². The lowest BCUT2D eigenvalue weighted by Gasteiger charge is -2.21. The Bertz CT molecular complexity index is 2050. The molecule has 0 aliphatic rings. The number of carbonyl (C=O) groups excluding carboxylic acids is 4. The summed E-state index contributed by atoms with van der Waals surface area (Å²) in [5.74, 6) is -0.611. The Morgan fingerprint density at radius 3 is 0.636 bits per heavy atom. The van der Waals surface area contributed by atoms with Gasteiger partial charge in [0.15, 0.2) is 12.2 Å². The molecule has 636 valence electrons. The van der Waals surface area contributed by atoms with Gasteiger partial charge >= 0.3 is 39.5 Å². The van der Waals surface area contributed by atoms with Crippen LogP contribution < -0.4 is 0 Å². The van der Waals surface area contributed by atoms with Gasteiger partial charge in [-0.25, -0.2) is 9.13 Å². The van der Waals surface area contributed by atoms with Gasteiger partial charge in [-0.3, -0.25) is 37.3 Å². The maximum absolute atomic E-state index is 13.2. The molecule has 0 amide bonds. The summed E-state index contributed by atoms with van der Waals surface area (Å²) < 4.78 is 68.9. The Kier molecular flexibility index (Phi) is 77.9. The average molecular weight is 1560 g/mol. The molecule has 0 aromatic rings. The van der Waals surface area contributed by atoms with Gasteiger partial charge in [0.05, 0.1) is 26.4 Å². The summed E-state index contributed by atoms with van der Waals surface area (Å²) in [7, 11) is -9.93. The number of phosphoric acid groups is 2. The number of esters is 4. The maximum atomic E-state index is 13.2. The van der Waals surface area contributed by atoms with E-state index in [1.54, 1.807) is 0 Å². The van der Waals surface area contributed by atoms with Crippen LogP contribution in [0.15, 0.2) is 0 Å². The van der Waals surface area contributed by atoms with Crippen molar-refractivity contribution in [3.8, 4) is 0 Å². The van der Waals surface area contributed by atoms with Crippen LogP contribution in [0.5, 0.6) is 0 Å². The highest BCUT2D eigenvalue weighted by Crippen LogP contribution is 2.45. The number of aliphatic hydroxyl groups is 1. The van der Waals surface area contributed by atoms with Crippen LogP contribution in [-0.4, -0.2) is 96.7 Å². The molecule has 17 nitrogen and oxygen atoms in total. The number of ether oxygens (including phenoxy) is 4. The molecule has 0 aliphatic carbocycles. The predicted molar refractivity (Wildman–Crippen MR) is 442 cm³/mol. The Labute approximate surface area is 658 Å². The van der Waals surface area contributed by atoms with Gasteiger partial charge in [-0.1, -0.05) is 420 Å². The van der Waals surface area contributed by atoms with Gasteiger partial charge in [-0.15, -0.1) is 0 Å². The van der Waals surface area contributed by atoms with Gasteiger partial charge in [0.25, 0.3) is 0 Å². The summed E-state index contributed by atoms with van der Waals surface area (Å²) in [5, 5.41) is 10.7. The number of hydrogen-bond acceptors (Lipinski definition) is 15. The van der Waals surface area contributed by atoms with E-state index in [2.05, 4.69) is 41.5 Å². The zero-order chi connectivity index (χ0) is 78.5. The third-order valence-corrected chi connectivity index (χ3v) is 22.6. The minimum atomic E-state index is -4.97. The molecule has 0 spiro atoms. The standard InChI is InChI=1S/C88H172O17P2/c1-7-9-11-13-15-17-19-21-23-25-27-28-29-31-33-35-39-43-47-53-60-66-72-87(92)104-83(76-98-85(90)70-64-58-52-46-42-38-34-32-30-26-24-22-20-18-16-14-12-10-8-2)78-102-106(94,95)100-74-82(89)75-101-107(96,97)103-79-84(77-99-86(91)71-65-59-55-49-51-57-63-69-81(5)6)105-88(93)73-67-61-54-48-44-40-36-37-41-45-50-56-62-68-80(3)4/h80-84,89H,7-79H2,1-6H3,(H,94,95)(H,96,97)/t82-,83-,84-/m1/s1. The molecule has 0 radical (unpaired) electrons. The molecule has 0 saturated heterocycles. The summed E-state index contributed by atoms with van der Waals surface area (Å²) in [6.07, 6.45) is 72.5. The van der Waals surface area contributed by atoms with E-state index in [-0.39, 0.29) is 25.7 Å². The van der Waals surface area contributed by atoms with Crippen LogP contribution in [-0.2, 0) is 65.4 Å². The summed E-state index contributed by atoms with van der Waals surface area (Å²) in [6.45, 7) is 9.64. The molecule has 0 rings (SSSR count). The molecule has 0 aromatic heterocycles. The maximum Gasteiger partial charge on any atom is 0.472 e. The summed E-state index contributed by atoms with van der Waals surface area (Å²) in [6, 6.07) is 0. The first kappa shape index (κ1) is 105. The largest absolute Gasteiger partial charge is 0.472 e. The molecule has 3 N–H and O–H groups in total. The first-order valence-corrected chi connectivity index (χ1v) is 48.5. The normalized spacial score (nSPS) is 13.8. The molecule has 0 heterocycles. The van der Waals surface area contributed by atoms with E-state index in [4.69, 9.17) is 37.0 Å². The van der Waals surface area contributed by atoms with E-state index in [0.29, 0.717) is 31.6 Å². The molecule has 0 aromatic carbocycles. The van der Waals surface area contributed by atoms with Crippen molar-refractivity contribution >= 4 is 39.5 Å². The molecule has 107 heavy (non-hydrogen) atoms. The van der Waals surface area contributed by atoms with Crippen LogP contribution in [0.1, 0.15) is 472 Å². The lowest BCUT2D eigenvalue weighted by molar-refractivity contribution is -0.161. The topological polar surface area (TPSA) is 237 Å². The number of unbranched alkanes of at least 4 members (excludes halogenated alkanes) is 57. The average Bonchev–Trinajstić information content (AvgIpc) is 0.901. The number of aliphatic hydroxyl groups excluding tert-OH is 1. The summed E-state index contributed by atoms with van der Waals surface area (Å²) in [5.41, 5.74) is 0. The molecular formula is C88H172O17P2. The molecule has 0 fully saturated rings. The van der Waals surface area contributed by atoms with Crippen LogP contribution in [0.25, 0.3) is 0 Å². The number of rotatable bonds is 87. The Morgan fingerprint density at radius 1 is 0.252 bits per heavy atom. The Hall–Kier alpha value is -1.94. The highest BCUT2D eigenvalue weighted by Gasteiger charge is 2.30. The SMILES string of the molecule is CCCCCCCCCCCCCCCCCCCCCCCCC(=O)O[C@H](COC(=O)CCCCCCCCCCCCCCCCCCCCC)COP(=O)(O)OC[C@@H](O)COP(=O)(O)OC[C@@H](COC(=O)CCCCCCCCCC(C)C)OC(=O)CCCCCCCCCCCCCCCC(C)C. The lowest BCUT2D eigenvalue weighted by Crippen LogP contribution is -2.30. The fourth-order valence-electron chi connectivity index (χ4n) is 13.8. The van der Waals surface area contributed by atoms with E-state index in [1.165, 1.54) is 283 Å². The highest BCUT2D eigenvalue weighted by molar-refractivity contribution is 7.47. The summed E-state index contributed by atoms with van der Waals surface area (Å²) in [4.78, 5) is 73.3. The zero-order valence-corrected chi connectivity index (χ0v) is 72.2. The van der Waals surface area contributed by atoms with E-state index in [1.807, 2.05) is 0 Å². The molecule has 0 bridgehead atoms. The highest BCUT2D eigenvalue weighted by atomic mass is 31.2.